The van der Waals surface area contributed by atoms with E-state index in [0.717, 1.165) is 5.56 Å². The number of rotatable bonds is 10. The van der Waals surface area contributed by atoms with Crippen LogP contribution in [0.25, 0.3) is 0 Å². The van der Waals surface area contributed by atoms with E-state index >= 15 is 0 Å². The van der Waals surface area contributed by atoms with Gasteiger partial charge in [-0.25, -0.2) is 4.79 Å². The summed E-state index contributed by atoms with van der Waals surface area (Å²) in [5.41, 5.74) is 0.809. The number of hydrogen-bond acceptors (Lipinski definition) is 7. The Labute approximate surface area is 135 Å². The molecule has 0 aliphatic rings. The highest BCUT2D eigenvalue weighted by Gasteiger charge is 2.16. The molecule has 0 radical (unpaired) electrons. The van der Waals surface area contributed by atoms with Crippen LogP contribution in [-0.4, -0.2) is 64.0 Å². The molecule has 1 N–H and O–H groups in total. The molecular formula is C16H23NO6. The first-order valence-corrected chi connectivity index (χ1v) is 7.23. The Morgan fingerprint density at radius 3 is 2.74 bits per heavy atom. The lowest BCUT2D eigenvalue weighted by Crippen LogP contribution is -2.24. The van der Waals surface area contributed by atoms with Crippen LogP contribution in [0.3, 0.4) is 0 Å². The van der Waals surface area contributed by atoms with Gasteiger partial charge in [0, 0.05) is 13.3 Å². The number of carbonyl (C=O) groups excluding carboxylic acids is 1. The first-order valence-electron chi connectivity index (χ1n) is 7.23. The normalized spacial score (nSPS) is 12.3. The molecule has 0 unspecified atom stereocenters. The molecule has 0 aliphatic heterocycles. The Morgan fingerprint density at radius 2 is 2.09 bits per heavy atom. The molecular weight excluding hydrogens is 302 g/mol. The zero-order chi connectivity index (χ0) is 17.1. The molecule has 1 rings (SSSR count). The summed E-state index contributed by atoms with van der Waals surface area (Å²) in [5.74, 6) is 0.264. The highest BCUT2D eigenvalue weighted by Crippen LogP contribution is 2.28. The molecule has 0 bridgehead atoms. The van der Waals surface area contributed by atoms with E-state index in [1.54, 1.807) is 31.3 Å². The maximum atomic E-state index is 11.7. The van der Waals surface area contributed by atoms with Crippen LogP contribution in [0.4, 0.5) is 0 Å². The average Bonchev–Trinajstić information content (AvgIpc) is 2.58. The van der Waals surface area contributed by atoms with Crippen molar-refractivity contribution in [2.75, 3.05) is 40.6 Å². The summed E-state index contributed by atoms with van der Waals surface area (Å²) in [6.07, 6.45) is 1.02. The Balaban J connectivity index is 2.65. The van der Waals surface area contributed by atoms with E-state index in [1.807, 2.05) is 0 Å². The number of ether oxygens (including phenoxy) is 4. The molecule has 0 aromatic heterocycles. The number of benzene rings is 1. The van der Waals surface area contributed by atoms with Gasteiger partial charge in [0.2, 0.25) is 0 Å². The minimum absolute atomic E-state index is 0.00276. The van der Waals surface area contributed by atoms with Crippen molar-refractivity contribution in [1.29, 1.82) is 0 Å². The van der Waals surface area contributed by atoms with Gasteiger partial charge in [-0.05, 0) is 30.7 Å². The molecule has 0 fully saturated rings. The van der Waals surface area contributed by atoms with Gasteiger partial charge in [0.15, 0.2) is 17.6 Å². The SMILES string of the molecule is COc1cc(/C=N/CCOCCO)ccc1OC(=O)[C@@H](C)OC. The predicted molar refractivity (Wildman–Crippen MR) is 85.5 cm³/mol. The van der Waals surface area contributed by atoms with E-state index in [-0.39, 0.29) is 6.61 Å². The number of aliphatic hydroxyl groups excluding tert-OH is 1. The average molecular weight is 325 g/mol. The molecule has 1 aromatic carbocycles. The molecule has 0 saturated carbocycles. The summed E-state index contributed by atoms with van der Waals surface area (Å²) in [6.45, 7) is 2.85. The second kappa shape index (κ2) is 10.7. The highest BCUT2D eigenvalue weighted by atomic mass is 16.6. The third-order valence-corrected chi connectivity index (χ3v) is 2.92. The van der Waals surface area contributed by atoms with Gasteiger partial charge < -0.3 is 24.1 Å². The number of aliphatic hydroxyl groups is 1. The van der Waals surface area contributed by atoms with Crippen LogP contribution < -0.4 is 9.47 Å². The summed E-state index contributed by atoms with van der Waals surface area (Å²) in [7, 11) is 2.93. The minimum Gasteiger partial charge on any atom is -0.493 e. The van der Waals surface area contributed by atoms with Crippen molar-refractivity contribution in [2.24, 2.45) is 4.99 Å². The maximum absolute atomic E-state index is 11.7. The van der Waals surface area contributed by atoms with Crippen LogP contribution in [0.1, 0.15) is 12.5 Å². The summed E-state index contributed by atoms with van der Waals surface area (Å²) in [5, 5.41) is 8.58. The lowest BCUT2D eigenvalue weighted by atomic mass is 10.2. The second-order valence-electron chi connectivity index (χ2n) is 4.58. The van der Waals surface area contributed by atoms with Crippen molar-refractivity contribution in [3.8, 4) is 11.5 Å². The molecule has 0 saturated heterocycles. The van der Waals surface area contributed by atoms with Gasteiger partial charge in [0.1, 0.15) is 0 Å². The first kappa shape index (κ1) is 19.1. The molecule has 0 aliphatic carbocycles. The number of carbonyl (C=O) groups is 1. The molecule has 0 spiro atoms. The summed E-state index contributed by atoms with van der Waals surface area (Å²) < 4.78 is 20.5. The third-order valence-electron chi connectivity index (χ3n) is 2.92. The molecule has 1 atom stereocenters. The van der Waals surface area contributed by atoms with Gasteiger partial charge >= 0.3 is 5.97 Å². The van der Waals surface area contributed by atoms with Gasteiger partial charge in [0.05, 0.1) is 33.5 Å². The van der Waals surface area contributed by atoms with E-state index in [4.69, 9.17) is 24.1 Å². The van der Waals surface area contributed by atoms with E-state index in [0.29, 0.717) is 31.3 Å². The van der Waals surface area contributed by atoms with E-state index < -0.39 is 12.1 Å². The zero-order valence-electron chi connectivity index (χ0n) is 13.7. The van der Waals surface area contributed by atoms with Crippen molar-refractivity contribution >= 4 is 12.2 Å². The topological polar surface area (TPSA) is 86.6 Å². The monoisotopic (exact) mass is 325 g/mol. The van der Waals surface area contributed by atoms with Gasteiger partial charge in [-0.2, -0.15) is 0 Å². The van der Waals surface area contributed by atoms with Crippen LogP contribution in [0, 0.1) is 0 Å². The van der Waals surface area contributed by atoms with Crippen molar-refractivity contribution in [1.82, 2.24) is 0 Å². The Hall–Kier alpha value is -1.96. The van der Waals surface area contributed by atoms with E-state index in [2.05, 4.69) is 4.99 Å². The molecule has 128 valence electrons. The summed E-state index contributed by atoms with van der Waals surface area (Å²) in [4.78, 5) is 15.9. The smallest absolute Gasteiger partial charge is 0.340 e. The lowest BCUT2D eigenvalue weighted by Gasteiger charge is -2.12. The Morgan fingerprint density at radius 1 is 1.30 bits per heavy atom. The molecule has 1 aromatic rings. The van der Waals surface area contributed by atoms with Crippen molar-refractivity contribution < 1.29 is 28.8 Å². The highest BCUT2D eigenvalue weighted by molar-refractivity contribution is 5.82. The number of methoxy groups -OCH3 is 2. The Bertz CT molecular complexity index is 517. The fourth-order valence-corrected chi connectivity index (χ4v) is 1.59. The Kier molecular flexibility index (Phi) is 8.89. The fourth-order valence-electron chi connectivity index (χ4n) is 1.59. The summed E-state index contributed by atoms with van der Waals surface area (Å²) >= 11 is 0. The van der Waals surface area contributed by atoms with Crippen LogP contribution in [0.2, 0.25) is 0 Å². The number of hydrogen-bond donors (Lipinski definition) is 1. The summed E-state index contributed by atoms with van der Waals surface area (Å²) in [6, 6.07) is 5.13. The van der Waals surface area contributed by atoms with Crippen molar-refractivity contribution in [2.45, 2.75) is 13.0 Å². The van der Waals surface area contributed by atoms with Crippen molar-refractivity contribution in [3.63, 3.8) is 0 Å². The maximum Gasteiger partial charge on any atom is 0.340 e. The second-order valence-corrected chi connectivity index (χ2v) is 4.58. The van der Waals surface area contributed by atoms with Gasteiger partial charge in [0.25, 0.3) is 0 Å². The standard InChI is InChI=1S/C16H23NO6/c1-12(20-2)16(19)23-14-5-4-13(10-15(14)21-3)11-17-6-8-22-9-7-18/h4-5,10-12,18H,6-9H2,1-3H3/b17-11+/t12-/m1/s1. The number of aliphatic imine (C=N–C) groups is 1. The fraction of sp³-hybridized carbons (Fsp3) is 0.500. The van der Waals surface area contributed by atoms with Crippen LogP contribution in [0.5, 0.6) is 11.5 Å². The number of nitrogens with zero attached hydrogens (tertiary/aromatic N) is 1. The molecule has 23 heavy (non-hydrogen) atoms. The number of esters is 1. The van der Waals surface area contributed by atoms with Gasteiger partial charge in [-0.1, -0.05) is 0 Å². The molecule has 0 heterocycles. The third kappa shape index (κ3) is 6.77. The quantitative estimate of drug-likeness (QED) is 0.300. The van der Waals surface area contributed by atoms with Crippen molar-refractivity contribution in [3.05, 3.63) is 23.8 Å². The van der Waals surface area contributed by atoms with Gasteiger partial charge in [-0.3, -0.25) is 4.99 Å². The van der Waals surface area contributed by atoms with Crippen LogP contribution in [-0.2, 0) is 14.3 Å². The van der Waals surface area contributed by atoms with Crippen LogP contribution in [0.15, 0.2) is 23.2 Å². The van der Waals surface area contributed by atoms with Crippen LogP contribution >= 0.6 is 0 Å². The van der Waals surface area contributed by atoms with E-state index in [9.17, 15) is 4.79 Å². The predicted octanol–water partition coefficient (Wildman–Crippen LogP) is 1.06. The molecule has 7 heteroatoms. The molecule has 7 nitrogen and oxygen atoms in total. The van der Waals surface area contributed by atoms with Gasteiger partial charge in [-0.15, -0.1) is 0 Å². The minimum atomic E-state index is -0.653. The first-order chi connectivity index (χ1) is 11.1. The lowest BCUT2D eigenvalue weighted by molar-refractivity contribution is -0.144. The molecule has 0 amide bonds. The zero-order valence-corrected chi connectivity index (χ0v) is 13.7. The largest absolute Gasteiger partial charge is 0.493 e. The van der Waals surface area contributed by atoms with E-state index in [1.165, 1.54) is 14.2 Å².